The second-order valence-electron chi connectivity index (χ2n) is 5.90. The smallest absolute Gasteiger partial charge is 0.289 e. The van der Waals surface area contributed by atoms with Crippen molar-refractivity contribution in [2.45, 2.75) is 18.9 Å². The topological polar surface area (TPSA) is 76.2 Å². The maximum absolute atomic E-state index is 12.3. The summed E-state index contributed by atoms with van der Waals surface area (Å²) in [6.07, 6.45) is 1.23. The number of hydrogen-bond donors (Lipinski definition) is 0. The minimum absolute atomic E-state index is 0.0464. The number of amides is 3. The fourth-order valence-corrected chi connectivity index (χ4v) is 3.79. The minimum Gasteiger partial charge on any atom is -0.497 e. The van der Waals surface area contributed by atoms with Gasteiger partial charge in [0.2, 0.25) is 5.91 Å². The minimum atomic E-state index is -0.170. The summed E-state index contributed by atoms with van der Waals surface area (Å²) in [6, 6.07) is 7.00. The molecular formula is C17H20N2O5S. The van der Waals surface area contributed by atoms with E-state index in [1.807, 2.05) is 0 Å². The predicted molar refractivity (Wildman–Crippen MR) is 92.8 cm³/mol. The first kappa shape index (κ1) is 17.6. The highest BCUT2D eigenvalue weighted by Gasteiger charge is 2.37. The summed E-state index contributed by atoms with van der Waals surface area (Å²) in [6.45, 7) is 0.995. The second-order valence-corrected chi connectivity index (χ2v) is 6.82. The molecule has 0 saturated carbocycles. The van der Waals surface area contributed by atoms with E-state index >= 15 is 0 Å². The highest BCUT2D eigenvalue weighted by atomic mass is 32.2. The number of ether oxygens (including phenoxy) is 2. The summed E-state index contributed by atoms with van der Waals surface area (Å²) in [5, 5.41) is -0.170. The maximum Gasteiger partial charge on any atom is 0.289 e. The van der Waals surface area contributed by atoms with Crippen LogP contribution in [0.5, 0.6) is 11.5 Å². The summed E-state index contributed by atoms with van der Waals surface area (Å²) >= 11 is 1.05. The molecule has 2 aliphatic rings. The number of rotatable bonds is 5. The third-order valence-corrected chi connectivity index (χ3v) is 5.21. The molecule has 8 heteroatoms. The van der Waals surface area contributed by atoms with Gasteiger partial charge < -0.3 is 14.4 Å². The number of nitrogens with zero attached hydrogens (tertiary/aromatic N) is 2. The van der Waals surface area contributed by atoms with E-state index in [0.717, 1.165) is 11.8 Å². The van der Waals surface area contributed by atoms with Gasteiger partial charge in [0.25, 0.3) is 11.1 Å². The van der Waals surface area contributed by atoms with Crippen LogP contribution in [0.3, 0.4) is 0 Å². The van der Waals surface area contributed by atoms with Crippen LogP contribution in [0.15, 0.2) is 24.3 Å². The zero-order chi connectivity index (χ0) is 17.8. The number of imide groups is 1. The molecule has 2 aliphatic heterocycles. The van der Waals surface area contributed by atoms with Crippen molar-refractivity contribution in [3.63, 3.8) is 0 Å². The maximum atomic E-state index is 12.3. The van der Waals surface area contributed by atoms with Crippen molar-refractivity contribution in [2.75, 3.05) is 32.6 Å². The van der Waals surface area contributed by atoms with Gasteiger partial charge in [-0.15, -0.1) is 0 Å². The molecule has 0 radical (unpaired) electrons. The first-order valence-corrected chi connectivity index (χ1v) is 9.10. The lowest BCUT2D eigenvalue weighted by Gasteiger charge is -2.35. The molecule has 0 aliphatic carbocycles. The van der Waals surface area contributed by atoms with E-state index in [0.29, 0.717) is 37.4 Å². The number of likely N-dealkylation sites (tertiary alicyclic amines) is 1. The molecule has 0 bridgehead atoms. The van der Waals surface area contributed by atoms with Crippen LogP contribution in [-0.2, 0) is 9.59 Å². The normalized spacial score (nSPS) is 18.6. The van der Waals surface area contributed by atoms with Gasteiger partial charge in [-0.1, -0.05) is 17.8 Å². The molecule has 1 aromatic carbocycles. The fourth-order valence-electron chi connectivity index (χ4n) is 3.02. The van der Waals surface area contributed by atoms with E-state index in [2.05, 4.69) is 0 Å². The summed E-state index contributed by atoms with van der Waals surface area (Å²) in [7, 11) is 1.57. The van der Waals surface area contributed by atoms with Crippen molar-refractivity contribution >= 4 is 28.8 Å². The Hall–Kier alpha value is -2.22. The van der Waals surface area contributed by atoms with Crippen molar-refractivity contribution in [1.82, 2.24) is 9.80 Å². The van der Waals surface area contributed by atoms with Crippen molar-refractivity contribution < 1.29 is 23.9 Å². The highest BCUT2D eigenvalue weighted by molar-refractivity contribution is 8.14. The van der Waals surface area contributed by atoms with Gasteiger partial charge in [0.15, 0.2) is 6.61 Å². The molecular weight excluding hydrogens is 344 g/mol. The molecule has 0 atom stereocenters. The van der Waals surface area contributed by atoms with E-state index in [-0.39, 0.29) is 35.5 Å². The molecule has 7 nitrogen and oxygen atoms in total. The molecule has 0 N–H and O–H groups in total. The van der Waals surface area contributed by atoms with E-state index in [1.165, 1.54) is 4.90 Å². The van der Waals surface area contributed by atoms with Gasteiger partial charge in [0, 0.05) is 25.2 Å². The highest BCUT2D eigenvalue weighted by Crippen LogP contribution is 2.26. The Balaban J connectivity index is 1.48. The van der Waals surface area contributed by atoms with Crippen LogP contribution in [0.2, 0.25) is 0 Å². The van der Waals surface area contributed by atoms with Gasteiger partial charge in [-0.3, -0.25) is 19.3 Å². The predicted octanol–water partition coefficient (Wildman–Crippen LogP) is 1.76. The largest absolute Gasteiger partial charge is 0.497 e. The summed E-state index contributed by atoms with van der Waals surface area (Å²) in [4.78, 5) is 38.9. The quantitative estimate of drug-likeness (QED) is 0.792. The number of carbonyl (C=O) groups excluding carboxylic acids is 3. The third kappa shape index (κ3) is 4.07. The van der Waals surface area contributed by atoms with Crippen LogP contribution in [0.25, 0.3) is 0 Å². The molecule has 134 valence electrons. The summed E-state index contributed by atoms with van der Waals surface area (Å²) in [5.41, 5.74) is 0. The first-order valence-electron chi connectivity index (χ1n) is 8.12. The summed E-state index contributed by atoms with van der Waals surface area (Å²) in [5.74, 6) is 1.25. The number of methoxy groups -OCH3 is 1. The van der Waals surface area contributed by atoms with Crippen molar-refractivity contribution in [1.29, 1.82) is 0 Å². The Morgan fingerprint density at radius 3 is 2.60 bits per heavy atom. The van der Waals surface area contributed by atoms with Gasteiger partial charge in [0.05, 0.1) is 12.9 Å². The number of hydrogen-bond acceptors (Lipinski definition) is 6. The van der Waals surface area contributed by atoms with Crippen molar-refractivity contribution in [3.8, 4) is 11.5 Å². The van der Waals surface area contributed by atoms with Crippen molar-refractivity contribution in [3.05, 3.63) is 24.3 Å². The SMILES string of the molecule is COc1cccc(OCC(=O)N2CCC(N3C(=O)CSC3=O)CC2)c1. The van der Waals surface area contributed by atoms with Crippen molar-refractivity contribution in [2.24, 2.45) is 0 Å². The van der Waals surface area contributed by atoms with Crippen LogP contribution in [0.4, 0.5) is 4.79 Å². The number of piperidine rings is 1. The second kappa shape index (κ2) is 7.77. The molecule has 2 heterocycles. The van der Waals surface area contributed by atoms with Gasteiger partial charge >= 0.3 is 0 Å². The lowest BCUT2D eigenvalue weighted by atomic mass is 10.0. The Labute approximate surface area is 150 Å². The number of thioether (sulfide) groups is 1. The Bertz CT molecular complexity index is 657. The third-order valence-electron chi connectivity index (χ3n) is 4.37. The van der Waals surface area contributed by atoms with Crippen LogP contribution < -0.4 is 9.47 Å². The van der Waals surface area contributed by atoms with Gasteiger partial charge in [-0.25, -0.2) is 0 Å². The molecule has 0 aromatic heterocycles. The molecule has 3 rings (SSSR count). The van der Waals surface area contributed by atoms with E-state index < -0.39 is 0 Å². The van der Waals surface area contributed by atoms with Gasteiger partial charge in [-0.05, 0) is 25.0 Å². The molecule has 3 amide bonds. The van der Waals surface area contributed by atoms with Crippen LogP contribution in [0.1, 0.15) is 12.8 Å². The molecule has 0 unspecified atom stereocenters. The summed E-state index contributed by atoms with van der Waals surface area (Å²) < 4.78 is 10.7. The zero-order valence-corrected chi connectivity index (χ0v) is 14.8. The number of benzene rings is 1. The van der Waals surface area contributed by atoms with Crippen LogP contribution in [0, 0.1) is 0 Å². The molecule has 2 saturated heterocycles. The molecule has 1 aromatic rings. The van der Waals surface area contributed by atoms with E-state index in [4.69, 9.17) is 9.47 Å². The Kier molecular flexibility index (Phi) is 5.47. The molecule has 2 fully saturated rings. The average molecular weight is 364 g/mol. The molecule has 0 spiro atoms. The zero-order valence-electron chi connectivity index (χ0n) is 14.0. The van der Waals surface area contributed by atoms with E-state index in [1.54, 1.807) is 36.3 Å². The lowest BCUT2D eigenvalue weighted by Crippen LogP contribution is -2.49. The van der Waals surface area contributed by atoms with Gasteiger partial charge in [-0.2, -0.15) is 0 Å². The Morgan fingerprint density at radius 1 is 1.24 bits per heavy atom. The standard InChI is InChI=1S/C17H20N2O5S/c1-23-13-3-2-4-14(9-13)24-10-15(20)18-7-5-12(6-8-18)19-16(21)11-25-17(19)22/h2-4,9,12H,5-8,10-11H2,1H3. The number of carbonyl (C=O) groups is 3. The monoisotopic (exact) mass is 364 g/mol. The lowest BCUT2D eigenvalue weighted by molar-refractivity contribution is -0.135. The first-order chi connectivity index (χ1) is 12.1. The average Bonchev–Trinajstić information content (AvgIpc) is 2.98. The molecule has 25 heavy (non-hydrogen) atoms. The fraction of sp³-hybridized carbons (Fsp3) is 0.471. The van der Waals surface area contributed by atoms with Crippen LogP contribution >= 0.6 is 11.8 Å². The van der Waals surface area contributed by atoms with Gasteiger partial charge in [0.1, 0.15) is 11.5 Å². The van der Waals surface area contributed by atoms with Crippen LogP contribution in [-0.4, -0.2) is 65.5 Å². The Morgan fingerprint density at radius 2 is 1.96 bits per heavy atom. The van der Waals surface area contributed by atoms with E-state index in [9.17, 15) is 14.4 Å².